The van der Waals surface area contributed by atoms with E-state index in [1.165, 1.54) is 0 Å². The number of rotatable bonds is 2. The molecule has 20 heavy (non-hydrogen) atoms. The van der Waals surface area contributed by atoms with Crippen LogP contribution in [-0.4, -0.2) is 70.0 Å². The van der Waals surface area contributed by atoms with Gasteiger partial charge in [-0.15, -0.1) is 5.10 Å². The number of piperazine rings is 1. The molecule has 2 saturated heterocycles. The highest BCUT2D eigenvalue weighted by atomic mass is 32.1. The number of likely N-dealkylation sites (tertiary alicyclic amines) is 1. The summed E-state index contributed by atoms with van der Waals surface area (Å²) in [5.41, 5.74) is 0.343. The van der Waals surface area contributed by atoms with Crippen LogP contribution in [0.5, 0.6) is 0 Å². The maximum absolute atomic E-state index is 12.6. The third-order valence-electron chi connectivity index (χ3n) is 3.81. The Morgan fingerprint density at radius 3 is 2.80 bits per heavy atom. The zero-order valence-corrected chi connectivity index (χ0v) is 11.9. The molecule has 0 saturated carbocycles. The molecule has 7 nitrogen and oxygen atoms in total. The summed E-state index contributed by atoms with van der Waals surface area (Å²) in [6.45, 7) is 3.70. The Morgan fingerprint density at radius 2 is 2.10 bits per heavy atom. The third-order valence-corrected chi connectivity index (χ3v) is 4.31. The lowest BCUT2D eigenvalue weighted by Gasteiger charge is -2.32. The molecule has 2 aliphatic rings. The summed E-state index contributed by atoms with van der Waals surface area (Å²) in [7, 11) is 0. The molecule has 0 radical (unpaired) electrons. The second-order valence-corrected chi connectivity index (χ2v) is 5.63. The maximum Gasteiger partial charge on any atom is 0.275 e. The van der Waals surface area contributed by atoms with Crippen LogP contribution in [0.25, 0.3) is 0 Å². The van der Waals surface area contributed by atoms with E-state index in [1.54, 1.807) is 10.3 Å². The van der Waals surface area contributed by atoms with Crippen LogP contribution >= 0.6 is 11.5 Å². The topological polar surface area (TPSA) is 78.4 Å². The molecule has 1 aromatic heterocycles. The molecule has 1 aromatic rings. The second kappa shape index (κ2) is 5.84. The highest BCUT2D eigenvalue weighted by molar-refractivity contribution is 7.03. The fourth-order valence-electron chi connectivity index (χ4n) is 2.77. The lowest BCUT2D eigenvalue weighted by Crippen LogP contribution is -2.53. The van der Waals surface area contributed by atoms with Gasteiger partial charge in [0.05, 0.1) is 0 Å². The summed E-state index contributed by atoms with van der Waals surface area (Å²) in [5, 5.41) is 8.67. The number of nitrogens with zero attached hydrogens (tertiary/aromatic N) is 4. The van der Waals surface area contributed by atoms with E-state index >= 15 is 0 Å². The number of carbonyl (C=O) groups is 2. The van der Waals surface area contributed by atoms with E-state index in [2.05, 4.69) is 14.9 Å². The summed E-state index contributed by atoms with van der Waals surface area (Å²) in [6.07, 6.45) is 1.61. The Labute approximate surface area is 121 Å². The Bertz CT molecular complexity index is 486. The van der Waals surface area contributed by atoms with E-state index in [1.807, 2.05) is 4.90 Å². The lowest BCUT2D eigenvalue weighted by molar-refractivity contribution is -0.135. The standard InChI is InChI=1S/C12H17N5O2S/c18-11(9-8-20-15-14-9)17-5-1-2-10(17)12(19)16-6-3-13-4-7-16/h8,10,13H,1-7H2. The molecule has 2 amide bonds. The van der Waals surface area contributed by atoms with Gasteiger partial charge >= 0.3 is 0 Å². The molecule has 2 aliphatic heterocycles. The van der Waals surface area contributed by atoms with Crippen molar-refractivity contribution in [3.63, 3.8) is 0 Å². The fourth-order valence-corrected chi connectivity index (χ4v) is 3.20. The summed E-state index contributed by atoms with van der Waals surface area (Å²) >= 11 is 1.15. The molecular weight excluding hydrogens is 278 g/mol. The van der Waals surface area contributed by atoms with Crippen molar-refractivity contribution in [1.29, 1.82) is 0 Å². The molecule has 3 rings (SSSR count). The molecule has 1 N–H and O–H groups in total. The Balaban J connectivity index is 1.71. The van der Waals surface area contributed by atoms with Gasteiger partial charge in [-0.3, -0.25) is 9.59 Å². The van der Waals surface area contributed by atoms with E-state index in [-0.39, 0.29) is 17.9 Å². The zero-order chi connectivity index (χ0) is 13.9. The molecule has 0 bridgehead atoms. The highest BCUT2D eigenvalue weighted by Crippen LogP contribution is 2.21. The van der Waals surface area contributed by atoms with Crippen molar-refractivity contribution in [3.8, 4) is 0 Å². The number of nitrogens with one attached hydrogen (secondary N) is 1. The minimum atomic E-state index is -0.331. The quantitative estimate of drug-likeness (QED) is 0.801. The Morgan fingerprint density at radius 1 is 1.30 bits per heavy atom. The molecule has 1 atom stereocenters. The Kier molecular flexibility index (Phi) is 3.93. The first-order chi connectivity index (χ1) is 9.77. The van der Waals surface area contributed by atoms with Crippen LogP contribution in [0.15, 0.2) is 5.38 Å². The fraction of sp³-hybridized carbons (Fsp3) is 0.667. The first-order valence-corrected chi connectivity index (χ1v) is 7.68. The van der Waals surface area contributed by atoms with E-state index in [0.29, 0.717) is 12.2 Å². The number of hydrogen-bond acceptors (Lipinski definition) is 6. The smallest absolute Gasteiger partial charge is 0.275 e. The van der Waals surface area contributed by atoms with Gasteiger partial charge in [0.25, 0.3) is 5.91 Å². The summed E-state index contributed by atoms with van der Waals surface area (Å²) in [6, 6.07) is -0.331. The lowest BCUT2D eigenvalue weighted by atomic mass is 10.1. The minimum Gasteiger partial charge on any atom is -0.338 e. The molecule has 3 heterocycles. The van der Waals surface area contributed by atoms with Crippen molar-refractivity contribution in [2.75, 3.05) is 32.7 Å². The van der Waals surface area contributed by atoms with Crippen LogP contribution in [0.2, 0.25) is 0 Å². The van der Waals surface area contributed by atoms with Crippen molar-refractivity contribution >= 4 is 23.3 Å². The highest BCUT2D eigenvalue weighted by Gasteiger charge is 2.37. The Hall–Kier alpha value is -1.54. The third kappa shape index (κ3) is 2.53. The van der Waals surface area contributed by atoms with Crippen molar-refractivity contribution < 1.29 is 9.59 Å². The van der Waals surface area contributed by atoms with Gasteiger partial charge in [-0.2, -0.15) is 0 Å². The van der Waals surface area contributed by atoms with Crippen molar-refractivity contribution in [2.45, 2.75) is 18.9 Å². The van der Waals surface area contributed by atoms with Crippen LogP contribution in [0.4, 0.5) is 0 Å². The molecule has 0 aromatic carbocycles. The molecule has 1 unspecified atom stereocenters. The predicted molar refractivity (Wildman–Crippen MR) is 73.4 cm³/mol. The van der Waals surface area contributed by atoms with Crippen molar-refractivity contribution in [1.82, 2.24) is 24.7 Å². The van der Waals surface area contributed by atoms with Crippen LogP contribution < -0.4 is 5.32 Å². The van der Waals surface area contributed by atoms with Gasteiger partial charge in [0.15, 0.2) is 5.69 Å². The average Bonchev–Trinajstić information content (AvgIpc) is 3.18. The maximum atomic E-state index is 12.6. The van der Waals surface area contributed by atoms with Crippen LogP contribution in [0.1, 0.15) is 23.3 Å². The van der Waals surface area contributed by atoms with Gasteiger partial charge in [0.1, 0.15) is 6.04 Å². The number of carbonyl (C=O) groups excluding carboxylic acids is 2. The van der Waals surface area contributed by atoms with Crippen LogP contribution in [-0.2, 0) is 4.79 Å². The van der Waals surface area contributed by atoms with Crippen LogP contribution in [0, 0.1) is 0 Å². The molecular formula is C12H17N5O2S. The normalized spacial score (nSPS) is 23.1. The van der Waals surface area contributed by atoms with Crippen LogP contribution in [0.3, 0.4) is 0 Å². The monoisotopic (exact) mass is 295 g/mol. The number of hydrogen-bond donors (Lipinski definition) is 1. The predicted octanol–water partition coefficient (Wildman–Crippen LogP) is -0.425. The van der Waals surface area contributed by atoms with Gasteiger partial charge in [-0.1, -0.05) is 4.49 Å². The van der Waals surface area contributed by atoms with Gasteiger partial charge in [-0.25, -0.2) is 0 Å². The first kappa shape index (κ1) is 13.4. The van der Waals surface area contributed by atoms with Crippen molar-refractivity contribution in [2.24, 2.45) is 0 Å². The first-order valence-electron chi connectivity index (χ1n) is 6.85. The van der Waals surface area contributed by atoms with Gasteiger partial charge in [0, 0.05) is 38.1 Å². The second-order valence-electron chi connectivity index (χ2n) is 5.02. The largest absolute Gasteiger partial charge is 0.338 e. The summed E-state index contributed by atoms with van der Waals surface area (Å²) in [4.78, 5) is 28.4. The van der Waals surface area contributed by atoms with Gasteiger partial charge in [-0.05, 0) is 24.4 Å². The molecule has 0 aliphatic carbocycles. The van der Waals surface area contributed by atoms with Gasteiger partial charge in [0.2, 0.25) is 5.91 Å². The molecule has 2 fully saturated rings. The molecule has 108 valence electrons. The number of amides is 2. The zero-order valence-electron chi connectivity index (χ0n) is 11.1. The number of aromatic nitrogens is 2. The van der Waals surface area contributed by atoms with E-state index < -0.39 is 0 Å². The average molecular weight is 295 g/mol. The van der Waals surface area contributed by atoms with E-state index in [4.69, 9.17) is 0 Å². The molecule has 0 spiro atoms. The van der Waals surface area contributed by atoms with E-state index in [0.717, 1.165) is 50.6 Å². The van der Waals surface area contributed by atoms with Gasteiger partial charge < -0.3 is 15.1 Å². The molecule has 8 heteroatoms. The van der Waals surface area contributed by atoms with E-state index in [9.17, 15) is 9.59 Å². The SMILES string of the molecule is O=C(C1CCCN1C(=O)c1csnn1)N1CCNCC1. The minimum absolute atomic E-state index is 0.0699. The summed E-state index contributed by atoms with van der Waals surface area (Å²) in [5.74, 6) is -0.106. The summed E-state index contributed by atoms with van der Waals surface area (Å²) < 4.78 is 3.71. The van der Waals surface area contributed by atoms with Crippen molar-refractivity contribution in [3.05, 3.63) is 11.1 Å².